The van der Waals surface area contributed by atoms with Gasteiger partial charge in [0, 0.05) is 12.0 Å². The molecule has 104 valence electrons. The molecule has 1 aliphatic carbocycles. The molecule has 20 heavy (non-hydrogen) atoms. The summed E-state index contributed by atoms with van der Waals surface area (Å²) in [6, 6.07) is 14.9. The Kier molecular flexibility index (Phi) is 4.02. The number of rotatable bonds is 4. The van der Waals surface area contributed by atoms with Gasteiger partial charge in [0.25, 0.3) is 0 Å². The Hall–Kier alpha value is -1.02. The van der Waals surface area contributed by atoms with Gasteiger partial charge in [-0.05, 0) is 42.6 Å². The van der Waals surface area contributed by atoms with Gasteiger partial charge in [-0.1, -0.05) is 59.6 Å². The maximum absolute atomic E-state index is 6.30. The third kappa shape index (κ3) is 2.46. The van der Waals surface area contributed by atoms with Crippen LogP contribution in [0.5, 0.6) is 0 Å². The van der Waals surface area contributed by atoms with E-state index >= 15 is 0 Å². The second kappa shape index (κ2) is 5.77. The van der Waals surface area contributed by atoms with E-state index in [1.54, 1.807) is 0 Å². The number of benzene rings is 2. The van der Waals surface area contributed by atoms with Crippen LogP contribution in [0.4, 0.5) is 0 Å². The average molecular weight is 306 g/mol. The van der Waals surface area contributed by atoms with Crippen molar-refractivity contribution in [3.05, 3.63) is 69.2 Å². The summed E-state index contributed by atoms with van der Waals surface area (Å²) in [5.41, 5.74) is 4.04. The lowest BCUT2D eigenvalue weighted by molar-refractivity contribution is 0.422. The second-order valence-electron chi connectivity index (χ2n) is 5.32. The normalized spacial score (nSPS) is 18.2. The van der Waals surface area contributed by atoms with Gasteiger partial charge in [0.2, 0.25) is 0 Å². The highest BCUT2D eigenvalue weighted by molar-refractivity contribution is 6.42. The highest BCUT2D eigenvalue weighted by atomic mass is 35.5. The highest BCUT2D eigenvalue weighted by Gasteiger charge is 2.32. The number of nitrogens with one attached hydrogen (secondary N) is 1. The molecule has 3 heteroatoms. The molecule has 0 saturated heterocycles. The lowest BCUT2D eigenvalue weighted by Crippen LogP contribution is -2.39. The van der Waals surface area contributed by atoms with Crippen LogP contribution in [0.1, 0.15) is 22.6 Å². The second-order valence-corrected chi connectivity index (χ2v) is 6.11. The van der Waals surface area contributed by atoms with Crippen molar-refractivity contribution in [3.63, 3.8) is 0 Å². The Bertz CT molecular complexity index is 624. The van der Waals surface area contributed by atoms with Crippen molar-refractivity contribution in [2.75, 3.05) is 7.05 Å². The first-order valence-electron chi connectivity index (χ1n) is 6.88. The molecule has 0 spiro atoms. The Morgan fingerprint density at radius 3 is 2.70 bits per heavy atom. The molecule has 0 aromatic heterocycles. The third-order valence-corrected chi connectivity index (χ3v) is 5.08. The number of likely N-dealkylation sites (N-methyl/N-ethyl adjacent to an activating group) is 1. The quantitative estimate of drug-likeness (QED) is 0.879. The average Bonchev–Trinajstić information content (AvgIpc) is 2.43. The molecule has 3 rings (SSSR count). The predicted molar refractivity (Wildman–Crippen MR) is 85.9 cm³/mol. The van der Waals surface area contributed by atoms with Gasteiger partial charge < -0.3 is 5.32 Å². The van der Waals surface area contributed by atoms with E-state index in [9.17, 15) is 0 Å². The van der Waals surface area contributed by atoms with Gasteiger partial charge in [-0.3, -0.25) is 0 Å². The Morgan fingerprint density at radius 1 is 1.15 bits per heavy atom. The zero-order chi connectivity index (χ0) is 14.1. The van der Waals surface area contributed by atoms with E-state index in [0.717, 1.165) is 18.4 Å². The van der Waals surface area contributed by atoms with E-state index in [1.807, 2.05) is 19.2 Å². The molecule has 0 radical (unpaired) electrons. The number of hydrogen-bond acceptors (Lipinski definition) is 1. The zero-order valence-corrected chi connectivity index (χ0v) is 12.9. The van der Waals surface area contributed by atoms with E-state index in [-0.39, 0.29) is 0 Å². The van der Waals surface area contributed by atoms with Crippen LogP contribution in [-0.4, -0.2) is 13.1 Å². The minimum absolute atomic E-state index is 0.390. The molecule has 0 amide bonds. The van der Waals surface area contributed by atoms with Crippen molar-refractivity contribution >= 4 is 23.2 Å². The molecule has 2 atom stereocenters. The molecule has 0 aliphatic heterocycles. The highest BCUT2D eigenvalue weighted by Crippen LogP contribution is 2.39. The summed E-state index contributed by atoms with van der Waals surface area (Å²) in [7, 11) is 2.02. The number of fused-ring (bicyclic) bond motifs is 1. The molecule has 0 saturated carbocycles. The standard InChI is InChI=1S/C17H17Cl2N/c1-20-16(10-12-6-4-8-15(18)17(12)19)14-9-11-5-2-3-7-13(11)14/h2-8,14,16,20H,9-10H2,1H3. The minimum Gasteiger partial charge on any atom is -0.316 e. The summed E-state index contributed by atoms with van der Waals surface area (Å²) in [6.45, 7) is 0. The topological polar surface area (TPSA) is 12.0 Å². The molecule has 2 aromatic rings. The van der Waals surface area contributed by atoms with E-state index in [4.69, 9.17) is 23.2 Å². The fraction of sp³-hybridized carbons (Fsp3) is 0.294. The SMILES string of the molecule is CNC(Cc1cccc(Cl)c1Cl)C1Cc2ccccc21. The van der Waals surface area contributed by atoms with Gasteiger partial charge in [-0.25, -0.2) is 0 Å². The summed E-state index contributed by atoms with van der Waals surface area (Å²) in [5.74, 6) is 0.561. The molecule has 0 heterocycles. The van der Waals surface area contributed by atoms with E-state index < -0.39 is 0 Å². The van der Waals surface area contributed by atoms with Crippen LogP contribution in [-0.2, 0) is 12.8 Å². The lowest BCUT2D eigenvalue weighted by atomic mass is 9.72. The maximum Gasteiger partial charge on any atom is 0.0624 e. The van der Waals surface area contributed by atoms with Crippen molar-refractivity contribution in [3.8, 4) is 0 Å². The van der Waals surface area contributed by atoms with Crippen LogP contribution in [0.15, 0.2) is 42.5 Å². The van der Waals surface area contributed by atoms with Crippen LogP contribution in [0.3, 0.4) is 0 Å². The van der Waals surface area contributed by atoms with E-state index in [0.29, 0.717) is 22.0 Å². The van der Waals surface area contributed by atoms with E-state index in [1.165, 1.54) is 11.1 Å². The van der Waals surface area contributed by atoms with Crippen LogP contribution in [0, 0.1) is 0 Å². The fourth-order valence-corrected chi connectivity index (χ4v) is 3.44. The first kappa shape index (κ1) is 13.9. The minimum atomic E-state index is 0.390. The van der Waals surface area contributed by atoms with E-state index in [2.05, 4.69) is 35.6 Å². The summed E-state index contributed by atoms with van der Waals surface area (Å²) in [6.07, 6.45) is 2.04. The Labute approximate surface area is 129 Å². The molecule has 1 N–H and O–H groups in total. The molecule has 1 nitrogen and oxygen atoms in total. The summed E-state index contributed by atoms with van der Waals surface area (Å²) in [4.78, 5) is 0. The van der Waals surface area contributed by atoms with Crippen molar-refractivity contribution in [2.24, 2.45) is 0 Å². The molecular formula is C17H17Cl2N. The molecule has 2 aromatic carbocycles. The Morgan fingerprint density at radius 2 is 1.95 bits per heavy atom. The van der Waals surface area contributed by atoms with Crippen molar-refractivity contribution in [1.29, 1.82) is 0 Å². The van der Waals surface area contributed by atoms with Gasteiger partial charge in [-0.2, -0.15) is 0 Å². The predicted octanol–water partition coefficient (Wildman–Crippen LogP) is 4.46. The van der Waals surface area contributed by atoms with Crippen LogP contribution >= 0.6 is 23.2 Å². The zero-order valence-electron chi connectivity index (χ0n) is 11.4. The summed E-state index contributed by atoms with van der Waals surface area (Å²) >= 11 is 12.4. The van der Waals surface area contributed by atoms with Gasteiger partial charge in [-0.15, -0.1) is 0 Å². The smallest absolute Gasteiger partial charge is 0.0624 e. The maximum atomic E-state index is 6.30. The fourth-order valence-electron chi connectivity index (χ4n) is 3.05. The van der Waals surface area contributed by atoms with Gasteiger partial charge in [0.05, 0.1) is 10.0 Å². The molecular weight excluding hydrogens is 289 g/mol. The monoisotopic (exact) mass is 305 g/mol. The summed E-state index contributed by atoms with van der Waals surface area (Å²) in [5, 5.41) is 4.75. The van der Waals surface area contributed by atoms with Crippen LogP contribution in [0.25, 0.3) is 0 Å². The largest absolute Gasteiger partial charge is 0.316 e. The molecule has 0 bridgehead atoms. The van der Waals surface area contributed by atoms with Crippen LogP contribution in [0.2, 0.25) is 10.0 Å². The molecule has 1 aliphatic rings. The lowest BCUT2D eigenvalue weighted by Gasteiger charge is -2.36. The van der Waals surface area contributed by atoms with Gasteiger partial charge in [0.1, 0.15) is 0 Å². The van der Waals surface area contributed by atoms with Crippen LogP contribution < -0.4 is 5.32 Å². The Balaban J connectivity index is 1.81. The number of halogens is 2. The first-order valence-corrected chi connectivity index (χ1v) is 7.64. The van der Waals surface area contributed by atoms with Crippen molar-refractivity contribution < 1.29 is 0 Å². The molecule has 2 unspecified atom stereocenters. The number of hydrogen-bond donors (Lipinski definition) is 1. The van der Waals surface area contributed by atoms with Gasteiger partial charge >= 0.3 is 0 Å². The third-order valence-electron chi connectivity index (χ3n) is 4.22. The molecule has 0 fully saturated rings. The van der Waals surface area contributed by atoms with Crippen molar-refractivity contribution in [2.45, 2.75) is 24.8 Å². The van der Waals surface area contributed by atoms with Crippen molar-refractivity contribution in [1.82, 2.24) is 5.32 Å². The van der Waals surface area contributed by atoms with Gasteiger partial charge in [0.15, 0.2) is 0 Å². The first-order chi connectivity index (χ1) is 9.70. The summed E-state index contributed by atoms with van der Waals surface area (Å²) < 4.78 is 0.